The first-order valence-corrected chi connectivity index (χ1v) is 6.79. The Balaban J connectivity index is 0. The second-order valence-corrected chi connectivity index (χ2v) is 5.81. The summed E-state index contributed by atoms with van der Waals surface area (Å²) in [6.07, 6.45) is 0. The minimum absolute atomic E-state index is 0. The van der Waals surface area contributed by atoms with Gasteiger partial charge in [-0.25, -0.2) is 0 Å². The molecule has 1 aromatic rings. The number of rotatable bonds is 3. The average molecular weight is 377 g/mol. The molecule has 0 fully saturated rings. The van der Waals surface area contributed by atoms with E-state index in [1.807, 2.05) is 0 Å². The Labute approximate surface area is 198 Å². The molecule has 1 aromatic carbocycles. The third-order valence-corrected chi connectivity index (χ3v) is 3.50. The monoisotopic (exact) mass is 377 g/mol. The van der Waals surface area contributed by atoms with Crippen LogP contribution in [0.15, 0.2) is 21.9 Å². The Morgan fingerprint density at radius 3 is 1.75 bits per heavy atom. The van der Waals surface area contributed by atoms with Gasteiger partial charge in [-0.2, -0.15) is 16.8 Å². The molecule has 0 atom stereocenters. The molecule has 0 aliphatic carbocycles. The van der Waals surface area contributed by atoms with Crippen LogP contribution in [0.25, 0.3) is 0 Å². The van der Waals surface area contributed by atoms with Crippen LogP contribution in [-0.4, -0.2) is 139 Å². The molecular weight excluding hydrogens is 372 g/mol. The third kappa shape index (κ3) is 5.95. The van der Waals surface area contributed by atoms with Crippen molar-refractivity contribution in [2.75, 3.05) is 0 Å². The largest absolute Gasteiger partial charge is 0.501 e. The zero-order valence-corrected chi connectivity index (χ0v) is 18.1. The molecule has 0 bridgehead atoms. The molecule has 3 N–H and O–H groups in total. The fourth-order valence-corrected chi connectivity index (χ4v) is 2.28. The standard InChI is InChI=1S/C6H5NO9S2.2K/c8-6-4(7(9)10)1-3(17(11,12)13)2-5(6)18(14,15)16;;/h1-2,8H,(H,11,12,13)(H,14,15,16);;. The average Bonchev–Trinajstić information content (AvgIpc) is 2.13. The molecule has 10 nitrogen and oxygen atoms in total. The number of hydrogen-bond acceptors (Lipinski definition) is 7. The van der Waals surface area contributed by atoms with Gasteiger partial charge in [-0.15, -0.1) is 0 Å². The van der Waals surface area contributed by atoms with E-state index in [4.69, 9.17) is 9.11 Å². The fourth-order valence-electron chi connectivity index (χ4n) is 1.05. The quantitative estimate of drug-likeness (QED) is 0.259. The maximum atomic E-state index is 10.8. The smallest absolute Gasteiger partial charge is 0.313 e. The van der Waals surface area contributed by atoms with Gasteiger partial charge in [-0.05, 0) is 6.07 Å². The van der Waals surface area contributed by atoms with E-state index in [-0.39, 0.29) is 115 Å². The predicted octanol–water partition coefficient (Wildman–Crippen LogP) is -0.968. The van der Waals surface area contributed by atoms with Crippen LogP contribution in [0.2, 0.25) is 0 Å². The Hall–Kier alpha value is 1.51. The second-order valence-electron chi connectivity index (χ2n) is 3.00. The summed E-state index contributed by atoms with van der Waals surface area (Å²) in [4.78, 5) is 6.64. The molecule has 0 aliphatic heterocycles. The maximum Gasteiger partial charge on any atom is 0.313 e. The molecule has 0 saturated heterocycles. The maximum absolute atomic E-state index is 10.8. The molecular formula is C6H5K2NO9S2. The van der Waals surface area contributed by atoms with E-state index in [2.05, 4.69) is 0 Å². The number of benzene rings is 1. The molecule has 1 rings (SSSR count). The van der Waals surface area contributed by atoms with Gasteiger partial charge in [-0.3, -0.25) is 19.2 Å². The first-order chi connectivity index (χ1) is 7.94. The van der Waals surface area contributed by atoms with Crippen molar-refractivity contribution in [3.63, 3.8) is 0 Å². The first kappa shape index (κ1) is 23.8. The Bertz CT molecular complexity index is 727. The van der Waals surface area contributed by atoms with Gasteiger partial charge in [0.25, 0.3) is 20.2 Å². The first-order valence-electron chi connectivity index (χ1n) is 3.91. The van der Waals surface area contributed by atoms with Crippen LogP contribution in [0.1, 0.15) is 0 Å². The predicted molar refractivity (Wildman–Crippen MR) is 65.9 cm³/mol. The Kier molecular flexibility index (Phi) is 9.97. The number of nitrogens with zero attached hydrogens (tertiary/aromatic N) is 1. The molecule has 2 radical (unpaired) electrons. The van der Waals surface area contributed by atoms with Gasteiger partial charge in [0.2, 0.25) is 5.75 Å². The summed E-state index contributed by atoms with van der Waals surface area (Å²) in [5, 5.41) is 19.7. The number of phenolic OH excluding ortho intramolecular Hbond substituents is 1. The molecule has 20 heavy (non-hydrogen) atoms. The van der Waals surface area contributed by atoms with E-state index >= 15 is 0 Å². The van der Waals surface area contributed by atoms with Crippen LogP contribution in [0.3, 0.4) is 0 Å². The van der Waals surface area contributed by atoms with Crippen molar-refractivity contribution in [3.05, 3.63) is 22.2 Å². The Morgan fingerprint density at radius 1 is 1.00 bits per heavy atom. The van der Waals surface area contributed by atoms with Crippen molar-refractivity contribution in [2.24, 2.45) is 0 Å². The normalized spacial score (nSPS) is 11.1. The van der Waals surface area contributed by atoms with E-state index in [1.54, 1.807) is 0 Å². The summed E-state index contributed by atoms with van der Waals surface area (Å²) in [5.41, 5.74) is -1.29. The van der Waals surface area contributed by atoms with E-state index in [0.717, 1.165) is 0 Å². The summed E-state index contributed by atoms with van der Waals surface area (Å²) >= 11 is 0. The van der Waals surface area contributed by atoms with Crippen LogP contribution < -0.4 is 0 Å². The number of hydrogen-bond donors (Lipinski definition) is 3. The van der Waals surface area contributed by atoms with Gasteiger partial charge < -0.3 is 5.11 Å². The van der Waals surface area contributed by atoms with Crippen LogP contribution in [0, 0.1) is 10.1 Å². The Morgan fingerprint density at radius 2 is 1.45 bits per heavy atom. The minimum atomic E-state index is -5.10. The summed E-state index contributed by atoms with van der Waals surface area (Å²) in [7, 11) is -10.1. The van der Waals surface area contributed by atoms with Crippen LogP contribution in [0.4, 0.5) is 5.69 Å². The number of nitro groups is 1. The van der Waals surface area contributed by atoms with Gasteiger partial charge in [0.1, 0.15) is 9.79 Å². The van der Waals surface area contributed by atoms with Crippen molar-refractivity contribution < 1.29 is 36.0 Å². The molecule has 0 spiro atoms. The minimum Gasteiger partial charge on any atom is -0.501 e. The van der Waals surface area contributed by atoms with Gasteiger partial charge >= 0.3 is 5.69 Å². The van der Waals surface area contributed by atoms with Crippen molar-refractivity contribution in [1.29, 1.82) is 0 Å². The second kappa shape index (κ2) is 8.39. The zero-order valence-electron chi connectivity index (χ0n) is 10.2. The van der Waals surface area contributed by atoms with Crippen molar-refractivity contribution in [3.8, 4) is 5.75 Å². The van der Waals surface area contributed by atoms with E-state index in [9.17, 15) is 32.1 Å². The van der Waals surface area contributed by atoms with Gasteiger partial charge in [0, 0.05) is 109 Å². The molecule has 0 unspecified atom stereocenters. The number of aromatic hydroxyl groups is 1. The van der Waals surface area contributed by atoms with Gasteiger partial charge in [-0.1, -0.05) is 0 Å². The molecule has 102 valence electrons. The fraction of sp³-hybridized carbons (Fsp3) is 0. The number of nitro benzene ring substituents is 1. The SMILES string of the molecule is O=[N+]([O-])c1cc(S(=O)(=O)O)cc(S(=O)(=O)O)c1O.[K].[K]. The van der Waals surface area contributed by atoms with Crippen LogP contribution >= 0.6 is 0 Å². The molecule has 0 saturated carbocycles. The summed E-state index contributed by atoms with van der Waals surface area (Å²) in [6, 6.07) is 0.437. The van der Waals surface area contributed by atoms with Crippen LogP contribution in [-0.2, 0) is 20.2 Å². The zero-order chi connectivity index (χ0) is 14.3. The van der Waals surface area contributed by atoms with Gasteiger partial charge in [0.05, 0.1) is 4.92 Å². The van der Waals surface area contributed by atoms with Crippen molar-refractivity contribution in [1.82, 2.24) is 0 Å². The summed E-state index contributed by atoms with van der Waals surface area (Å²) < 4.78 is 60.5. The topological polar surface area (TPSA) is 172 Å². The van der Waals surface area contributed by atoms with E-state index < -0.39 is 46.4 Å². The van der Waals surface area contributed by atoms with Crippen molar-refractivity contribution in [2.45, 2.75) is 9.79 Å². The summed E-state index contributed by atoms with van der Waals surface area (Å²) in [5.74, 6) is -1.44. The van der Waals surface area contributed by atoms with E-state index in [1.165, 1.54) is 0 Å². The molecule has 0 aliphatic rings. The number of phenols is 1. The van der Waals surface area contributed by atoms with Crippen molar-refractivity contribution >= 4 is 129 Å². The summed E-state index contributed by atoms with van der Waals surface area (Å²) in [6.45, 7) is 0. The molecule has 0 heterocycles. The van der Waals surface area contributed by atoms with E-state index in [0.29, 0.717) is 0 Å². The molecule has 0 aromatic heterocycles. The molecule has 0 amide bonds. The van der Waals surface area contributed by atoms with Crippen LogP contribution in [0.5, 0.6) is 5.75 Å². The molecule has 14 heteroatoms. The third-order valence-electron chi connectivity index (χ3n) is 1.80. The van der Waals surface area contributed by atoms with Gasteiger partial charge in [0.15, 0.2) is 0 Å².